The second kappa shape index (κ2) is 9.47. The zero-order valence-electron chi connectivity index (χ0n) is 20.2. The summed E-state index contributed by atoms with van der Waals surface area (Å²) in [6.45, 7) is 2.81. The summed E-state index contributed by atoms with van der Waals surface area (Å²) in [6.07, 6.45) is 10.5. The second-order valence-electron chi connectivity index (χ2n) is 9.84. The number of rotatable bonds is 5. The van der Waals surface area contributed by atoms with E-state index in [0.29, 0.717) is 37.4 Å². The Morgan fingerprint density at radius 1 is 1.11 bits per heavy atom. The molecule has 2 saturated heterocycles. The van der Waals surface area contributed by atoms with E-state index in [4.69, 9.17) is 0 Å². The maximum atomic E-state index is 13.3. The van der Waals surface area contributed by atoms with Gasteiger partial charge >= 0.3 is 0 Å². The van der Waals surface area contributed by atoms with Gasteiger partial charge in [0.25, 0.3) is 5.91 Å². The van der Waals surface area contributed by atoms with Crippen LogP contribution in [0.3, 0.4) is 0 Å². The van der Waals surface area contributed by atoms with Gasteiger partial charge in [0.15, 0.2) is 0 Å². The van der Waals surface area contributed by atoms with Crippen molar-refractivity contribution in [1.82, 2.24) is 39.9 Å². The van der Waals surface area contributed by atoms with Crippen LogP contribution in [-0.4, -0.2) is 85.8 Å². The van der Waals surface area contributed by atoms with Crippen LogP contribution in [-0.2, 0) is 0 Å². The van der Waals surface area contributed by atoms with Crippen molar-refractivity contribution < 1.29 is 9.28 Å². The molecule has 6 heterocycles. The molecule has 4 aromatic rings. The first kappa shape index (κ1) is 22.9. The van der Waals surface area contributed by atoms with Crippen molar-refractivity contribution in [3.05, 3.63) is 42.5 Å². The number of nitrogens with zero attached hydrogens (tertiary/aromatic N) is 6. The fourth-order valence-electron chi connectivity index (χ4n) is 5.13. The molecule has 188 valence electrons. The first-order valence-electron chi connectivity index (χ1n) is 12.5. The molecular weight excluding hydrogens is 461 g/mol. The Hall–Kier alpha value is -3.57. The van der Waals surface area contributed by atoms with Crippen LogP contribution in [0.2, 0.25) is 0 Å². The van der Waals surface area contributed by atoms with E-state index < -0.39 is 0 Å². The lowest BCUT2D eigenvalue weighted by molar-refractivity contribution is 0.00327. The average molecular weight is 492 g/mol. The highest BCUT2D eigenvalue weighted by Crippen LogP contribution is 2.29. The highest BCUT2D eigenvalue weighted by Gasteiger charge is 2.22. The number of likely N-dealkylation sites (tertiary alicyclic amines) is 1. The summed E-state index contributed by atoms with van der Waals surface area (Å²) in [6, 6.07) is 4.30. The Labute approximate surface area is 207 Å². The lowest BCUT2D eigenvalue weighted by Gasteiger charge is -2.29. The van der Waals surface area contributed by atoms with Gasteiger partial charge in [-0.25, -0.2) is 9.50 Å². The molecule has 11 heteroatoms. The van der Waals surface area contributed by atoms with Crippen LogP contribution in [0.5, 0.6) is 0 Å². The van der Waals surface area contributed by atoms with Gasteiger partial charge in [-0.2, -0.15) is 10.1 Å². The molecule has 0 radical (unpaired) electrons. The van der Waals surface area contributed by atoms with E-state index in [1.807, 2.05) is 24.5 Å². The fourth-order valence-corrected chi connectivity index (χ4v) is 5.13. The molecule has 0 atom stereocenters. The van der Waals surface area contributed by atoms with Gasteiger partial charge in [-0.3, -0.25) is 4.79 Å². The Balaban J connectivity index is 1.23. The van der Waals surface area contributed by atoms with Crippen LogP contribution in [0.15, 0.2) is 36.9 Å². The number of pyridine rings is 1. The van der Waals surface area contributed by atoms with E-state index in [9.17, 15) is 9.28 Å². The van der Waals surface area contributed by atoms with Gasteiger partial charge in [-0.15, -0.1) is 9.60 Å². The van der Waals surface area contributed by atoms with E-state index in [-0.39, 0.29) is 18.0 Å². The minimum absolute atomic E-state index is 0.0896. The molecule has 4 aromatic heterocycles. The molecule has 0 unspecified atom stereocenters. The van der Waals surface area contributed by atoms with Crippen molar-refractivity contribution in [2.24, 2.45) is 0 Å². The Morgan fingerprint density at radius 3 is 2.69 bits per heavy atom. The largest absolute Gasteiger partial charge is 0.351 e. The summed E-state index contributed by atoms with van der Waals surface area (Å²) < 4.78 is 15.0. The van der Waals surface area contributed by atoms with Crippen LogP contribution >= 0.6 is 0 Å². The van der Waals surface area contributed by atoms with E-state index in [1.165, 1.54) is 0 Å². The summed E-state index contributed by atoms with van der Waals surface area (Å²) in [5.74, 6) is 0.445. The number of nitrogens with one attached hydrogen (secondary N) is 3. The molecule has 6 rings (SSSR count). The number of piperidine rings is 2. The third-order valence-electron chi connectivity index (χ3n) is 7.34. The van der Waals surface area contributed by atoms with Gasteiger partial charge in [0, 0.05) is 54.7 Å². The number of fused-ring (bicyclic) bond motifs is 2. The number of hydrogen-bond acceptors (Lipinski definition) is 7. The lowest BCUT2D eigenvalue weighted by Crippen LogP contribution is -2.43. The molecule has 2 aliphatic heterocycles. The number of anilines is 1. The summed E-state index contributed by atoms with van der Waals surface area (Å²) in [5.41, 5.74) is 3.94. The lowest BCUT2D eigenvalue weighted by atomic mass is 10.0. The first-order chi connectivity index (χ1) is 17.5. The van der Waals surface area contributed by atoms with E-state index in [0.717, 1.165) is 58.7 Å². The van der Waals surface area contributed by atoms with Crippen molar-refractivity contribution in [2.75, 3.05) is 38.5 Å². The number of aromatic nitrogens is 5. The molecule has 1 amide bonds. The Bertz CT molecular complexity index is 1380. The van der Waals surface area contributed by atoms with Gasteiger partial charge in [-0.1, -0.05) is 0 Å². The number of hydrogen-bond donors (Lipinski definition) is 3. The minimum atomic E-state index is -0.0896. The number of carbonyl (C=O) groups is 1. The highest BCUT2D eigenvalue weighted by molar-refractivity contribution is 6.02. The van der Waals surface area contributed by atoms with Crippen molar-refractivity contribution in [3.63, 3.8) is 0 Å². The highest BCUT2D eigenvalue weighted by atomic mass is 19.2. The predicted octanol–water partition coefficient (Wildman–Crippen LogP) is 2.86. The third-order valence-corrected chi connectivity index (χ3v) is 7.34. The van der Waals surface area contributed by atoms with E-state index in [1.54, 1.807) is 16.9 Å². The Morgan fingerprint density at radius 2 is 1.89 bits per heavy atom. The third kappa shape index (κ3) is 4.51. The summed E-state index contributed by atoms with van der Waals surface area (Å²) >= 11 is 0. The quantitative estimate of drug-likeness (QED) is 0.369. The van der Waals surface area contributed by atoms with Crippen molar-refractivity contribution in [2.45, 2.75) is 37.8 Å². The number of H-pyrrole nitrogens is 1. The molecule has 0 aliphatic carbocycles. The topological polar surface area (TPSA) is 106 Å². The van der Waals surface area contributed by atoms with Gasteiger partial charge in [-0.05, 0) is 63.5 Å². The predicted molar refractivity (Wildman–Crippen MR) is 135 cm³/mol. The molecule has 2 aliphatic rings. The van der Waals surface area contributed by atoms with E-state index >= 15 is 0 Å². The standard InChI is InChI=1S/C25H30FN9O/c1-33-7-3-17(4-8-33)30-24(36)21-15-29-35-11-2-16(12-22(21)35)19-13-27-23-20(19)14-28-25(32-23)31-18-5-9-34(26)10-6-18/h2,11-15,17-18H,3-10H2,1H3,(H,30,36)(H2,27,28,31,32). The van der Waals surface area contributed by atoms with Crippen molar-refractivity contribution in [1.29, 1.82) is 0 Å². The fraction of sp³-hybridized carbons (Fsp3) is 0.440. The molecule has 0 aromatic carbocycles. The minimum Gasteiger partial charge on any atom is -0.351 e. The molecule has 2 fully saturated rings. The van der Waals surface area contributed by atoms with Crippen molar-refractivity contribution >= 4 is 28.4 Å². The van der Waals surface area contributed by atoms with Gasteiger partial charge in [0.2, 0.25) is 5.95 Å². The van der Waals surface area contributed by atoms with Crippen molar-refractivity contribution in [3.8, 4) is 11.1 Å². The summed E-state index contributed by atoms with van der Waals surface area (Å²) in [7, 11) is 2.11. The Kier molecular flexibility index (Phi) is 6.02. The number of carbonyl (C=O) groups excluding carboxylic acids is 1. The van der Waals surface area contributed by atoms with Gasteiger partial charge in [0.1, 0.15) is 5.65 Å². The molecule has 0 bridgehead atoms. The maximum absolute atomic E-state index is 13.3. The average Bonchev–Trinajstić information content (AvgIpc) is 3.50. The van der Waals surface area contributed by atoms with Gasteiger partial charge < -0.3 is 20.5 Å². The van der Waals surface area contributed by atoms with Crippen LogP contribution in [0.4, 0.5) is 10.4 Å². The molecule has 36 heavy (non-hydrogen) atoms. The summed E-state index contributed by atoms with van der Waals surface area (Å²) in [4.78, 5) is 27.7. The second-order valence-corrected chi connectivity index (χ2v) is 9.84. The van der Waals surface area contributed by atoms with Crippen LogP contribution < -0.4 is 10.6 Å². The zero-order valence-corrected chi connectivity index (χ0v) is 20.2. The first-order valence-corrected chi connectivity index (χ1v) is 12.5. The maximum Gasteiger partial charge on any atom is 0.255 e. The monoisotopic (exact) mass is 491 g/mol. The van der Waals surface area contributed by atoms with Crippen LogP contribution in [0.25, 0.3) is 27.7 Å². The SMILES string of the molecule is CN1CCC(NC(=O)c2cnn3ccc(-c4c[nH]c5nc(NC6CCN(F)CC6)ncc45)cc23)CC1. The number of amides is 1. The normalized spacial score (nSPS) is 18.7. The number of halogens is 1. The number of aromatic amines is 1. The molecule has 3 N–H and O–H groups in total. The van der Waals surface area contributed by atoms with Crippen LogP contribution in [0, 0.1) is 0 Å². The zero-order chi connectivity index (χ0) is 24.6. The van der Waals surface area contributed by atoms with E-state index in [2.05, 4.69) is 42.6 Å². The summed E-state index contributed by atoms with van der Waals surface area (Å²) in [5, 5.41) is 12.6. The molecule has 10 nitrogen and oxygen atoms in total. The molecular formula is C25H30FN9O. The molecule has 0 spiro atoms. The van der Waals surface area contributed by atoms with Gasteiger partial charge in [0.05, 0.1) is 17.3 Å². The molecule has 0 saturated carbocycles. The smallest absolute Gasteiger partial charge is 0.255 e. The van der Waals surface area contributed by atoms with Crippen LogP contribution in [0.1, 0.15) is 36.0 Å².